The van der Waals surface area contributed by atoms with Gasteiger partial charge in [-0.15, -0.1) is 0 Å². The van der Waals surface area contributed by atoms with Crippen molar-refractivity contribution in [2.75, 3.05) is 13.2 Å². The Hall–Kier alpha value is -0.800. The molecule has 1 heterocycles. The molecule has 0 spiro atoms. The van der Waals surface area contributed by atoms with Gasteiger partial charge in [0, 0.05) is 6.54 Å². The largest absolute Gasteiger partial charge is 0.457 e. The molecule has 1 atom stereocenters. The zero-order valence-corrected chi connectivity index (χ0v) is 7.55. The molecule has 9 heteroatoms. The van der Waals surface area contributed by atoms with E-state index in [1.54, 1.807) is 0 Å². The summed E-state index contributed by atoms with van der Waals surface area (Å²) in [6, 6.07) is -0.646. The molecule has 1 rings (SSSR count). The van der Waals surface area contributed by atoms with E-state index in [-0.39, 0.29) is 0 Å². The molecule has 0 aromatic rings. The van der Waals surface area contributed by atoms with Gasteiger partial charge in [-0.05, 0) is 0 Å². The highest BCUT2D eigenvalue weighted by Gasteiger charge is 2.46. The Bertz CT molecular complexity index is 336. The number of carbonyl (C=O) groups is 1. The predicted octanol–water partition coefficient (Wildman–Crippen LogP) is -1.02. The fraction of sp³-hybridized carbons (Fsp3) is 0.800. The summed E-state index contributed by atoms with van der Waals surface area (Å²) in [6.07, 6.45) is 0. The summed E-state index contributed by atoms with van der Waals surface area (Å²) in [4.78, 5) is 10.7. The van der Waals surface area contributed by atoms with Gasteiger partial charge in [0.15, 0.2) is 6.61 Å². The molecule has 1 aliphatic rings. The molecular weight excluding hydrogens is 224 g/mol. The Kier molecular flexibility index (Phi) is 2.74. The Morgan fingerprint density at radius 2 is 2.14 bits per heavy atom. The molecule has 0 aromatic carbocycles. The molecule has 1 unspecified atom stereocenters. The van der Waals surface area contributed by atoms with E-state index >= 15 is 0 Å². The van der Waals surface area contributed by atoms with E-state index in [2.05, 4.69) is 10.1 Å². The van der Waals surface area contributed by atoms with Gasteiger partial charge in [0.1, 0.15) is 6.04 Å². The number of rotatable bonds is 4. The molecule has 82 valence electrons. The van der Waals surface area contributed by atoms with Gasteiger partial charge >= 0.3 is 21.3 Å². The molecule has 0 aromatic heterocycles. The third kappa shape index (κ3) is 2.59. The van der Waals surface area contributed by atoms with E-state index in [1.807, 2.05) is 0 Å². The Balaban J connectivity index is 2.47. The van der Waals surface area contributed by atoms with Gasteiger partial charge in [0.05, 0.1) is 0 Å². The summed E-state index contributed by atoms with van der Waals surface area (Å²) in [6.45, 7) is -1.36. The molecule has 0 saturated carbocycles. The lowest BCUT2D eigenvalue weighted by Gasteiger charge is -2.12. The second-order valence-electron chi connectivity index (χ2n) is 2.68. The minimum atomic E-state index is -5.53. The standard InChI is InChI=1S/C5H7F2NO5S/c6-5(7,14(10,11)12)2-13-4(9)3-1-8-3/h3,8H,1-2H2,(H,10,11,12). The Morgan fingerprint density at radius 3 is 2.50 bits per heavy atom. The van der Waals surface area contributed by atoms with Crippen LogP contribution in [-0.2, 0) is 19.6 Å². The Labute approximate surface area is 78.0 Å². The number of hydrogen-bond donors (Lipinski definition) is 2. The molecule has 0 aliphatic carbocycles. The highest BCUT2D eigenvalue weighted by molar-refractivity contribution is 7.86. The van der Waals surface area contributed by atoms with Crippen molar-refractivity contribution in [3.8, 4) is 0 Å². The van der Waals surface area contributed by atoms with E-state index < -0.39 is 34.0 Å². The van der Waals surface area contributed by atoms with Crippen molar-refractivity contribution in [1.29, 1.82) is 0 Å². The summed E-state index contributed by atoms with van der Waals surface area (Å²) in [5, 5.41) is -1.98. The van der Waals surface area contributed by atoms with Gasteiger partial charge in [-0.25, -0.2) is 0 Å². The van der Waals surface area contributed by atoms with Crippen LogP contribution < -0.4 is 5.32 Å². The van der Waals surface area contributed by atoms with Crippen LogP contribution in [0.1, 0.15) is 0 Å². The number of ether oxygens (including phenoxy) is 1. The second kappa shape index (κ2) is 3.41. The SMILES string of the molecule is O=C(OCC(F)(F)S(=O)(=O)O)C1CN1. The molecule has 1 aliphatic heterocycles. The number of nitrogens with one attached hydrogen (secondary N) is 1. The molecule has 0 radical (unpaired) electrons. The van der Waals surface area contributed by atoms with Crippen LogP contribution in [0.4, 0.5) is 8.78 Å². The van der Waals surface area contributed by atoms with Crippen molar-refractivity contribution in [2.45, 2.75) is 11.3 Å². The lowest BCUT2D eigenvalue weighted by Crippen LogP contribution is -2.35. The molecule has 14 heavy (non-hydrogen) atoms. The topological polar surface area (TPSA) is 103 Å². The van der Waals surface area contributed by atoms with E-state index in [0.29, 0.717) is 6.54 Å². The van der Waals surface area contributed by atoms with Crippen molar-refractivity contribution in [3.63, 3.8) is 0 Å². The number of alkyl halides is 2. The van der Waals surface area contributed by atoms with Crippen LogP contribution in [0.25, 0.3) is 0 Å². The lowest BCUT2D eigenvalue weighted by atomic mass is 10.5. The van der Waals surface area contributed by atoms with Gasteiger partial charge in [-0.3, -0.25) is 9.35 Å². The average molecular weight is 231 g/mol. The quantitative estimate of drug-likeness (QED) is 0.365. The summed E-state index contributed by atoms with van der Waals surface area (Å²) < 4.78 is 57.0. The van der Waals surface area contributed by atoms with Crippen molar-refractivity contribution < 1.29 is 31.3 Å². The minimum Gasteiger partial charge on any atom is -0.457 e. The first kappa shape index (κ1) is 11.3. The van der Waals surface area contributed by atoms with E-state index in [9.17, 15) is 22.0 Å². The lowest BCUT2D eigenvalue weighted by molar-refractivity contribution is -0.148. The van der Waals surface area contributed by atoms with Crippen molar-refractivity contribution >= 4 is 16.1 Å². The number of carbonyl (C=O) groups excluding carboxylic acids is 1. The van der Waals surface area contributed by atoms with Crippen LogP contribution in [0.3, 0.4) is 0 Å². The number of halogens is 2. The monoisotopic (exact) mass is 231 g/mol. The average Bonchev–Trinajstić information content (AvgIpc) is 2.80. The first-order valence-corrected chi connectivity index (χ1v) is 4.93. The maximum atomic E-state index is 12.4. The molecule has 6 nitrogen and oxygen atoms in total. The molecule has 1 fully saturated rings. The maximum absolute atomic E-state index is 12.4. The highest BCUT2D eigenvalue weighted by Crippen LogP contribution is 2.21. The van der Waals surface area contributed by atoms with E-state index in [1.165, 1.54) is 0 Å². The zero-order valence-electron chi connectivity index (χ0n) is 6.74. The predicted molar refractivity (Wildman–Crippen MR) is 39.2 cm³/mol. The normalized spacial score (nSPS) is 21.8. The molecule has 0 bridgehead atoms. The van der Waals surface area contributed by atoms with Gasteiger partial charge < -0.3 is 10.1 Å². The number of hydrogen-bond acceptors (Lipinski definition) is 5. The van der Waals surface area contributed by atoms with Crippen LogP contribution in [0, 0.1) is 0 Å². The fourth-order valence-corrected chi connectivity index (χ4v) is 0.764. The summed E-state index contributed by atoms with van der Waals surface area (Å²) in [7, 11) is -5.53. The van der Waals surface area contributed by atoms with Crippen molar-refractivity contribution in [1.82, 2.24) is 5.32 Å². The van der Waals surface area contributed by atoms with Crippen molar-refractivity contribution in [2.24, 2.45) is 0 Å². The molecular formula is C5H7F2NO5S. The summed E-state index contributed by atoms with van der Waals surface area (Å²) >= 11 is 0. The summed E-state index contributed by atoms with van der Waals surface area (Å²) in [5.41, 5.74) is 0. The van der Waals surface area contributed by atoms with Gasteiger partial charge in [-0.2, -0.15) is 17.2 Å². The smallest absolute Gasteiger partial charge is 0.402 e. The Morgan fingerprint density at radius 1 is 1.64 bits per heavy atom. The first-order valence-electron chi connectivity index (χ1n) is 3.49. The van der Waals surface area contributed by atoms with Gasteiger partial charge in [-0.1, -0.05) is 0 Å². The summed E-state index contributed by atoms with van der Waals surface area (Å²) in [5.74, 6) is -0.965. The van der Waals surface area contributed by atoms with Crippen LogP contribution in [0.5, 0.6) is 0 Å². The first-order chi connectivity index (χ1) is 6.24. The number of esters is 1. The molecule has 2 N–H and O–H groups in total. The van der Waals surface area contributed by atoms with E-state index in [4.69, 9.17) is 4.55 Å². The zero-order chi connectivity index (χ0) is 11.0. The van der Waals surface area contributed by atoms with Crippen LogP contribution in [-0.4, -0.2) is 43.4 Å². The van der Waals surface area contributed by atoms with Gasteiger partial charge in [0.2, 0.25) is 0 Å². The highest BCUT2D eigenvalue weighted by atomic mass is 32.2. The maximum Gasteiger partial charge on any atom is 0.402 e. The molecule has 1 saturated heterocycles. The molecule has 0 amide bonds. The third-order valence-electron chi connectivity index (χ3n) is 1.45. The van der Waals surface area contributed by atoms with Gasteiger partial charge in [0.25, 0.3) is 0 Å². The van der Waals surface area contributed by atoms with E-state index in [0.717, 1.165) is 0 Å². The fourth-order valence-electron chi connectivity index (χ4n) is 0.556. The van der Waals surface area contributed by atoms with Crippen LogP contribution >= 0.6 is 0 Å². The van der Waals surface area contributed by atoms with Crippen LogP contribution in [0.15, 0.2) is 0 Å². The third-order valence-corrected chi connectivity index (χ3v) is 2.33. The van der Waals surface area contributed by atoms with Crippen LogP contribution in [0.2, 0.25) is 0 Å². The second-order valence-corrected chi connectivity index (χ2v) is 4.23. The van der Waals surface area contributed by atoms with Crippen molar-refractivity contribution in [3.05, 3.63) is 0 Å². The minimum absolute atomic E-state index is 0.316.